The minimum absolute atomic E-state index is 0.0864. The van der Waals surface area contributed by atoms with Crippen molar-refractivity contribution in [2.75, 3.05) is 0 Å². The standard InChI is InChI=1S/C17H17N3OS2/c1-12-6-3-4-7-14(12)11-20-16(21)13(2)23-17(20)19-18-10-15-8-5-9-22-15/h3-10,13H,11H2,1-2H3/b18-10-,19-17-/t13-/m1/s1. The van der Waals surface area contributed by atoms with E-state index in [0.717, 1.165) is 10.4 Å². The monoisotopic (exact) mass is 343 g/mol. The average Bonchev–Trinajstić information content (AvgIpc) is 3.14. The van der Waals surface area contributed by atoms with Crippen LogP contribution in [0.3, 0.4) is 0 Å². The van der Waals surface area contributed by atoms with Gasteiger partial charge < -0.3 is 0 Å². The van der Waals surface area contributed by atoms with Gasteiger partial charge >= 0.3 is 0 Å². The van der Waals surface area contributed by atoms with E-state index in [0.29, 0.717) is 11.7 Å². The van der Waals surface area contributed by atoms with E-state index in [9.17, 15) is 4.79 Å². The largest absolute Gasteiger partial charge is 0.284 e. The second kappa shape index (κ2) is 7.10. The van der Waals surface area contributed by atoms with Gasteiger partial charge in [0.2, 0.25) is 5.91 Å². The van der Waals surface area contributed by atoms with E-state index in [-0.39, 0.29) is 11.2 Å². The van der Waals surface area contributed by atoms with Gasteiger partial charge in [0.05, 0.1) is 18.0 Å². The summed E-state index contributed by atoms with van der Waals surface area (Å²) < 4.78 is 0. The molecule has 23 heavy (non-hydrogen) atoms. The molecule has 2 heterocycles. The third kappa shape index (κ3) is 3.71. The second-order valence-electron chi connectivity index (χ2n) is 5.25. The first kappa shape index (κ1) is 16.0. The molecule has 1 saturated heterocycles. The Kier molecular flexibility index (Phi) is 4.93. The number of carbonyl (C=O) groups is 1. The van der Waals surface area contributed by atoms with Crippen LogP contribution in [0, 0.1) is 6.92 Å². The first-order valence-corrected chi connectivity index (χ1v) is 9.08. The molecule has 2 aromatic rings. The van der Waals surface area contributed by atoms with Crippen LogP contribution in [0.4, 0.5) is 0 Å². The third-order valence-electron chi connectivity index (χ3n) is 3.59. The summed E-state index contributed by atoms with van der Waals surface area (Å²) in [5.41, 5.74) is 2.30. The molecule has 1 aromatic carbocycles. The third-order valence-corrected chi connectivity index (χ3v) is 5.46. The maximum Gasteiger partial charge on any atom is 0.242 e. The molecule has 0 aliphatic carbocycles. The highest BCUT2D eigenvalue weighted by Crippen LogP contribution is 2.29. The molecule has 0 bridgehead atoms. The first-order chi connectivity index (χ1) is 11.1. The van der Waals surface area contributed by atoms with Crippen LogP contribution in [0.1, 0.15) is 22.9 Å². The summed E-state index contributed by atoms with van der Waals surface area (Å²) in [5.74, 6) is 0.0864. The molecule has 118 valence electrons. The van der Waals surface area contributed by atoms with E-state index in [1.165, 1.54) is 17.3 Å². The molecule has 1 amide bonds. The number of amidine groups is 1. The molecule has 4 nitrogen and oxygen atoms in total. The number of thiophene rings is 1. The van der Waals surface area contributed by atoms with Gasteiger partial charge in [0.25, 0.3) is 0 Å². The van der Waals surface area contributed by atoms with Gasteiger partial charge in [-0.3, -0.25) is 9.69 Å². The maximum atomic E-state index is 12.4. The Hall–Kier alpha value is -1.92. The number of hydrogen-bond acceptors (Lipinski definition) is 5. The lowest BCUT2D eigenvalue weighted by molar-refractivity contribution is -0.126. The highest BCUT2D eigenvalue weighted by atomic mass is 32.2. The van der Waals surface area contributed by atoms with Gasteiger partial charge in [-0.2, -0.15) is 5.10 Å². The van der Waals surface area contributed by atoms with Crippen molar-refractivity contribution in [1.29, 1.82) is 0 Å². The predicted octanol–water partition coefficient (Wildman–Crippen LogP) is 3.91. The van der Waals surface area contributed by atoms with Crippen LogP contribution in [0.25, 0.3) is 0 Å². The number of amides is 1. The van der Waals surface area contributed by atoms with Crippen molar-refractivity contribution in [2.24, 2.45) is 10.2 Å². The van der Waals surface area contributed by atoms with Gasteiger partial charge in [-0.25, -0.2) is 0 Å². The number of benzene rings is 1. The van der Waals surface area contributed by atoms with Crippen molar-refractivity contribution in [3.8, 4) is 0 Å². The van der Waals surface area contributed by atoms with Crippen LogP contribution in [0.5, 0.6) is 0 Å². The molecular weight excluding hydrogens is 326 g/mol. The highest BCUT2D eigenvalue weighted by Gasteiger charge is 2.35. The van der Waals surface area contributed by atoms with Crippen LogP contribution < -0.4 is 0 Å². The Morgan fingerprint density at radius 1 is 1.26 bits per heavy atom. The molecule has 1 aromatic heterocycles. The SMILES string of the molecule is Cc1ccccc1CN1C(=O)[C@@H](C)S/C1=N\N=C/c1cccs1. The van der Waals surface area contributed by atoms with Crippen LogP contribution >= 0.6 is 23.1 Å². The highest BCUT2D eigenvalue weighted by molar-refractivity contribution is 8.15. The Morgan fingerprint density at radius 2 is 2.09 bits per heavy atom. The molecular formula is C17H17N3OS2. The Balaban J connectivity index is 1.80. The van der Waals surface area contributed by atoms with E-state index in [1.807, 2.05) is 42.6 Å². The molecule has 1 atom stereocenters. The Bertz CT molecular complexity index is 753. The average molecular weight is 343 g/mol. The summed E-state index contributed by atoms with van der Waals surface area (Å²) in [6.07, 6.45) is 1.72. The van der Waals surface area contributed by atoms with E-state index < -0.39 is 0 Å². The summed E-state index contributed by atoms with van der Waals surface area (Å²) in [4.78, 5) is 15.2. The van der Waals surface area contributed by atoms with Crippen molar-refractivity contribution >= 4 is 40.4 Å². The number of rotatable bonds is 4. The molecule has 3 rings (SSSR count). The summed E-state index contributed by atoms with van der Waals surface area (Å²) in [6.45, 7) is 4.50. The number of carbonyl (C=O) groups excluding carboxylic acids is 1. The van der Waals surface area contributed by atoms with Crippen LogP contribution in [0.2, 0.25) is 0 Å². The predicted molar refractivity (Wildman–Crippen MR) is 98.1 cm³/mol. The van der Waals surface area contributed by atoms with Gasteiger partial charge in [-0.05, 0) is 36.4 Å². The molecule has 0 N–H and O–H groups in total. The zero-order valence-corrected chi connectivity index (χ0v) is 14.6. The van der Waals surface area contributed by atoms with Crippen molar-refractivity contribution in [3.63, 3.8) is 0 Å². The lowest BCUT2D eigenvalue weighted by atomic mass is 10.1. The zero-order chi connectivity index (χ0) is 16.2. The summed E-state index contributed by atoms with van der Waals surface area (Å²) in [5, 5.41) is 10.9. The number of nitrogens with zero attached hydrogens (tertiary/aromatic N) is 3. The summed E-state index contributed by atoms with van der Waals surface area (Å²) in [7, 11) is 0. The van der Waals surface area contributed by atoms with Gasteiger partial charge in [0.1, 0.15) is 0 Å². The molecule has 1 fully saturated rings. The Labute approximate surface area is 143 Å². The molecule has 1 aliphatic heterocycles. The van der Waals surface area contributed by atoms with Gasteiger partial charge in [0.15, 0.2) is 5.17 Å². The van der Waals surface area contributed by atoms with Crippen molar-refractivity contribution in [2.45, 2.75) is 25.6 Å². The minimum atomic E-state index is -0.116. The number of thioether (sulfide) groups is 1. The molecule has 0 saturated carbocycles. The van der Waals surface area contributed by atoms with E-state index in [4.69, 9.17) is 0 Å². The van der Waals surface area contributed by atoms with Crippen LogP contribution in [-0.4, -0.2) is 27.4 Å². The smallest absolute Gasteiger partial charge is 0.242 e. The van der Waals surface area contributed by atoms with Gasteiger partial charge in [-0.1, -0.05) is 42.1 Å². The van der Waals surface area contributed by atoms with Crippen molar-refractivity contribution in [1.82, 2.24) is 4.90 Å². The normalized spacial score (nSPS) is 20.1. The molecule has 6 heteroatoms. The fourth-order valence-electron chi connectivity index (χ4n) is 2.27. The van der Waals surface area contributed by atoms with Crippen LogP contribution in [-0.2, 0) is 11.3 Å². The van der Waals surface area contributed by atoms with Crippen molar-refractivity contribution in [3.05, 3.63) is 57.8 Å². The fourth-order valence-corrected chi connectivity index (χ4v) is 3.77. The zero-order valence-electron chi connectivity index (χ0n) is 13.0. The quantitative estimate of drug-likeness (QED) is 0.624. The van der Waals surface area contributed by atoms with E-state index in [1.54, 1.807) is 22.5 Å². The topological polar surface area (TPSA) is 45.0 Å². The summed E-state index contributed by atoms with van der Waals surface area (Å²) in [6, 6.07) is 12.0. The molecule has 0 spiro atoms. The lowest BCUT2D eigenvalue weighted by Crippen LogP contribution is -2.31. The van der Waals surface area contributed by atoms with E-state index in [2.05, 4.69) is 23.2 Å². The van der Waals surface area contributed by atoms with Crippen molar-refractivity contribution < 1.29 is 4.79 Å². The number of aryl methyl sites for hydroxylation is 1. The lowest BCUT2D eigenvalue weighted by Gasteiger charge is -2.16. The first-order valence-electron chi connectivity index (χ1n) is 7.32. The fraction of sp³-hybridized carbons (Fsp3) is 0.235. The molecule has 1 aliphatic rings. The number of hydrogen-bond donors (Lipinski definition) is 0. The molecule has 0 unspecified atom stereocenters. The van der Waals surface area contributed by atoms with Gasteiger partial charge in [-0.15, -0.1) is 16.4 Å². The van der Waals surface area contributed by atoms with Crippen LogP contribution in [0.15, 0.2) is 52.0 Å². The maximum absolute atomic E-state index is 12.4. The summed E-state index contributed by atoms with van der Waals surface area (Å²) >= 11 is 3.07. The van der Waals surface area contributed by atoms with E-state index >= 15 is 0 Å². The molecule has 0 radical (unpaired) electrons. The second-order valence-corrected chi connectivity index (χ2v) is 7.54. The minimum Gasteiger partial charge on any atom is -0.284 e. The van der Waals surface area contributed by atoms with Gasteiger partial charge in [0, 0.05) is 4.88 Å². The Morgan fingerprint density at radius 3 is 2.83 bits per heavy atom.